The van der Waals surface area contributed by atoms with Gasteiger partial charge in [-0.15, -0.1) is 11.3 Å². The van der Waals surface area contributed by atoms with E-state index < -0.39 is 6.10 Å². The van der Waals surface area contributed by atoms with E-state index in [0.717, 1.165) is 16.0 Å². The highest BCUT2D eigenvalue weighted by Gasteiger charge is 2.13. The van der Waals surface area contributed by atoms with E-state index in [4.69, 9.17) is 0 Å². The Morgan fingerprint density at radius 2 is 2.00 bits per heavy atom. The third kappa shape index (κ3) is 3.43. The first-order chi connectivity index (χ1) is 9.08. The average Bonchev–Trinajstić information content (AvgIpc) is 2.83. The fourth-order valence-electron chi connectivity index (χ4n) is 1.90. The molecule has 0 aliphatic rings. The number of hydrogen-bond acceptors (Lipinski definition) is 3. The molecule has 1 heterocycles. The molecule has 0 fully saturated rings. The molecule has 100 valence electrons. The lowest BCUT2D eigenvalue weighted by Crippen LogP contribution is -2.28. The zero-order valence-electron chi connectivity index (χ0n) is 11.0. The van der Waals surface area contributed by atoms with Gasteiger partial charge in [-0.25, -0.2) is 0 Å². The first-order valence-corrected chi connectivity index (χ1v) is 6.98. The SMILES string of the molecule is Cc1ccc(C(=O)NCC(O)c2ccccc2C)s1. The van der Waals surface area contributed by atoms with Crippen LogP contribution in [0.5, 0.6) is 0 Å². The van der Waals surface area contributed by atoms with Crippen molar-refractivity contribution >= 4 is 17.2 Å². The summed E-state index contributed by atoms with van der Waals surface area (Å²) in [5.74, 6) is -0.134. The minimum Gasteiger partial charge on any atom is -0.387 e. The molecule has 2 N–H and O–H groups in total. The van der Waals surface area contributed by atoms with Gasteiger partial charge >= 0.3 is 0 Å². The Morgan fingerprint density at radius 3 is 2.63 bits per heavy atom. The second-order valence-corrected chi connectivity index (χ2v) is 5.78. The predicted octanol–water partition coefficient (Wildman–Crippen LogP) is 2.83. The Balaban J connectivity index is 1.96. The Morgan fingerprint density at radius 1 is 1.26 bits per heavy atom. The van der Waals surface area contributed by atoms with Crippen LogP contribution in [0.15, 0.2) is 36.4 Å². The van der Waals surface area contributed by atoms with E-state index in [1.54, 1.807) is 6.07 Å². The normalized spacial score (nSPS) is 12.2. The first kappa shape index (κ1) is 13.8. The molecule has 3 nitrogen and oxygen atoms in total. The smallest absolute Gasteiger partial charge is 0.261 e. The third-order valence-electron chi connectivity index (χ3n) is 2.97. The van der Waals surface area contributed by atoms with E-state index in [2.05, 4.69) is 5.32 Å². The minimum absolute atomic E-state index is 0.134. The molecule has 0 saturated carbocycles. The van der Waals surface area contributed by atoms with Crippen LogP contribution in [0.4, 0.5) is 0 Å². The number of benzene rings is 1. The molecule has 0 radical (unpaired) electrons. The highest BCUT2D eigenvalue weighted by atomic mass is 32.1. The maximum Gasteiger partial charge on any atom is 0.261 e. The summed E-state index contributed by atoms with van der Waals surface area (Å²) in [6, 6.07) is 11.4. The number of aliphatic hydroxyl groups is 1. The van der Waals surface area contributed by atoms with Crippen LogP contribution < -0.4 is 5.32 Å². The van der Waals surface area contributed by atoms with Crippen LogP contribution >= 0.6 is 11.3 Å². The fourth-order valence-corrected chi connectivity index (χ4v) is 2.69. The Bertz CT molecular complexity index is 577. The molecular formula is C15H17NO2S. The van der Waals surface area contributed by atoms with Gasteiger partial charge in [-0.05, 0) is 37.1 Å². The number of aliphatic hydroxyl groups excluding tert-OH is 1. The van der Waals surface area contributed by atoms with Crippen molar-refractivity contribution in [3.05, 3.63) is 57.3 Å². The van der Waals surface area contributed by atoms with Crippen molar-refractivity contribution in [3.8, 4) is 0 Å². The summed E-state index contributed by atoms with van der Waals surface area (Å²) in [6.45, 7) is 4.13. The monoisotopic (exact) mass is 275 g/mol. The van der Waals surface area contributed by atoms with Crippen molar-refractivity contribution in [1.29, 1.82) is 0 Å². The second-order valence-electron chi connectivity index (χ2n) is 4.49. The summed E-state index contributed by atoms with van der Waals surface area (Å²) >= 11 is 1.45. The molecule has 1 amide bonds. The van der Waals surface area contributed by atoms with Crippen LogP contribution in [0.1, 0.15) is 31.8 Å². The van der Waals surface area contributed by atoms with Gasteiger partial charge in [-0.1, -0.05) is 24.3 Å². The number of carbonyl (C=O) groups is 1. The molecule has 4 heteroatoms. The van der Waals surface area contributed by atoms with Gasteiger partial charge in [-0.2, -0.15) is 0 Å². The maximum absolute atomic E-state index is 11.9. The van der Waals surface area contributed by atoms with E-state index in [1.807, 2.05) is 44.2 Å². The zero-order valence-corrected chi connectivity index (χ0v) is 11.8. The molecule has 0 saturated heterocycles. The van der Waals surface area contributed by atoms with Gasteiger partial charge < -0.3 is 10.4 Å². The molecule has 1 aromatic carbocycles. The van der Waals surface area contributed by atoms with Gasteiger partial charge in [0, 0.05) is 11.4 Å². The zero-order chi connectivity index (χ0) is 13.8. The number of aryl methyl sites for hydroxylation is 2. The lowest BCUT2D eigenvalue weighted by Gasteiger charge is -2.14. The minimum atomic E-state index is -0.675. The number of carbonyl (C=O) groups excluding carboxylic acids is 1. The highest BCUT2D eigenvalue weighted by Crippen LogP contribution is 2.17. The number of nitrogens with one attached hydrogen (secondary N) is 1. The molecule has 1 aromatic heterocycles. The highest BCUT2D eigenvalue weighted by molar-refractivity contribution is 7.13. The molecule has 2 rings (SSSR count). The van der Waals surface area contributed by atoms with Crippen molar-refractivity contribution in [2.45, 2.75) is 20.0 Å². The van der Waals surface area contributed by atoms with Crippen molar-refractivity contribution in [3.63, 3.8) is 0 Å². The van der Waals surface area contributed by atoms with Crippen LogP contribution in [0, 0.1) is 13.8 Å². The van der Waals surface area contributed by atoms with Crippen molar-refractivity contribution in [1.82, 2.24) is 5.32 Å². The summed E-state index contributed by atoms with van der Waals surface area (Å²) in [4.78, 5) is 13.6. The van der Waals surface area contributed by atoms with Crippen LogP contribution in [0.2, 0.25) is 0 Å². The Kier molecular flexibility index (Phi) is 4.35. The molecule has 0 aliphatic carbocycles. The first-order valence-electron chi connectivity index (χ1n) is 6.16. The van der Waals surface area contributed by atoms with Gasteiger partial charge in [0.15, 0.2) is 0 Å². The number of hydrogen-bond donors (Lipinski definition) is 2. The quantitative estimate of drug-likeness (QED) is 0.901. The lowest BCUT2D eigenvalue weighted by molar-refractivity contribution is 0.0920. The fraction of sp³-hybridized carbons (Fsp3) is 0.267. The number of rotatable bonds is 4. The summed E-state index contributed by atoms with van der Waals surface area (Å²) in [5, 5.41) is 12.9. The number of thiophene rings is 1. The molecule has 1 atom stereocenters. The molecule has 0 spiro atoms. The lowest BCUT2D eigenvalue weighted by atomic mass is 10.0. The van der Waals surface area contributed by atoms with Crippen LogP contribution in [-0.4, -0.2) is 17.6 Å². The summed E-state index contributed by atoms with van der Waals surface area (Å²) in [6.07, 6.45) is -0.675. The van der Waals surface area contributed by atoms with Gasteiger partial charge in [0.05, 0.1) is 11.0 Å². The Labute approximate surface area is 116 Å². The summed E-state index contributed by atoms with van der Waals surface area (Å²) in [5.41, 5.74) is 1.88. The molecule has 0 bridgehead atoms. The van der Waals surface area contributed by atoms with Crippen molar-refractivity contribution in [2.24, 2.45) is 0 Å². The van der Waals surface area contributed by atoms with Gasteiger partial charge in [-0.3, -0.25) is 4.79 Å². The average molecular weight is 275 g/mol. The van der Waals surface area contributed by atoms with Crippen LogP contribution in [-0.2, 0) is 0 Å². The standard InChI is InChI=1S/C15H17NO2S/c1-10-5-3-4-6-12(10)13(17)9-16-15(18)14-8-7-11(2)19-14/h3-8,13,17H,9H2,1-2H3,(H,16,18). The second kappa shape index (κ2) is 5.99. The summed E-state index contributed by atoms with van der Waals surface area (Å²) in [7, 11) is 0. The van der Waals surface area contributed by atoms with E-state index >= 15 is 0 Å². The van der Waals surface area contributed by atoms with Crippen molar-refractivity contribution in [2.75, 3.05) is 6.54 Å². The molecular weight excluding hydrogens is 258 g/mol. The van der Waals surface area contributed by atoms with Gasteiger partial charge in [0.25, 0.3) is 5.91 Å². The largest absolute Gasteiger partial charge is 0.387 e. The van der Waals surface area contributed by atoms with E-state index in [1.165, 1.54) is 11.3 Å². The van der Waals surface area contributed by atoms with Crippen LogP contribution in [0.3, 0.4) is 0 Å². The van der Waals surface area contributed by atoms with Crippen molar-refractivity contribution < 1.29 is 9.90 Å². The maximum atomic E-state index is 11.9. The van der Waals surface area contributed by atoms with E-state index in [-0.39, 0.29) is 12.5 Å². The van der Waals surface area contributed by atoms with E-state index in [9.17, 15) is 9.90 Å². The molecule has 1 unspecified atom stereocenters. The van der Waals surface area contributed by atoms with Crippen LogP contribution in [0.25, 0.3) is 0 Å². The predicted molar refractivity (Wildman–Crippen MR) is 77.5 cm³/mol. The molecule has 0 aliphatic heterocycles. The number of amides is 1. The Hall–Kier alpha value is -1.65. The molecule has 2 aromatic rings. The third-order valence-corrected chi connectivity index (χ3v) is 3.97. The van der Waals surface area contributed by atoms with Gasteiger partial charge in [0.2, 0.25) is 0 Å². The van der Waals surface area contributed by atoms with Gasteiger partial charge in [0.1, 0.15) is 0 Å². The molecule has 19 heavy (non-hydrogen) atoms. The summed E-state index contributed by atoms with van der Waals surface area (Å²) < 4.78 is 0. The topological polar surface area (TPSA) is 49.3 Å². The van der Waals surface area contributed by atoms with E-state index in [0.29, 0.717) is 4.88 Å².